The first-order valence-corrected chi connectivity index (χ1v) is 7.57. The summed E-state index contributed by atoms with van der Waals surface area (Å²) < 4.78 is 44.9. The van der Waals surface area contributed by atoms with E-state index in [1.807, 2.05) is 0 Å². The summed E-state index contributed by atoms with van der Waals surface area (Å²) in [4.78, 5) is 21.8. The van der Waals surface area contributed by atoms with Crippen molar-refractivity contribution in [2.45, 2.75) is 31.9 Å². The SMILES string of the molecule is Cc1ocnc1C(=O)N1CCC[C@@H](c2nc(C(F)(F)F)cn2C)C1. The number of rotatable bonds is 2. The molecule has 130 valence electrons. The molecule has 0 aliphatic carbocycles. The van der Waals surface area contributed by atoms with Gasteiger partial charge in [-0.1, -0.05) is 0 Å². The van der Waals surface area contributed by atoms with Gasteiger partial charge in [-0.15, -0.1) is 0 Å². The molecule has 9 heteroatoms. The van der Waals surface area contributed by atoms with Crippen molar-refractivity contribution in [1.29, 1.82) is 0 Å². The zero-order chi connectivity index (χ0) is 17.5. The number of halogens is 3. The zero-order valence-electron chi connectivity index (χ0n) is 13.3. The van der Waals surface area contributed by atoms with Crippen molar-refractivity contribution in [3.05, 3.63) is 35.6 Å². The number of alkyl halides is 3. The molecule has 24 heavy (non-hydrogen) atoms. The Morgan fingerprint density at radius 1 is 1.42 bits per heavy atom. The van der Waals surface area contributed by atoms with Crippen LogP contribution in [-0.2, 0) is 13.2 Å². The fraction of sp³-hybridized carbons (Fsp3) is 0.533. The van der Waals surface area contributed by atoms with E-state index in [0.717, 1.165) is 6.20 Å². The van der Waals surface area contributed by atoms with Crippen molar-refractivity contribution in [1.82, 2.24) is 19.4 Å². The Balaban J connectivity index is 1.80. The van der Waals surface area contributed by atoms with Crippen LogP contribution < -0.4 is 0 Å². The van der Waals surface area contributed by atoms with Crippen molar-refractivity contribution in [3.63, 3.8) is 0 Å². The minimum absolute atomic E-state index is 0.240. The van der Waals surface area contributed by atoms with Gasteiger partial charge in [0.05, 0.1) is 0 Å². The highest BCUT2D eigenvalue weighted by Gasteiger charge is 2.36. The summed E-state index contributed by atoms with van der Waals surface area (Å²) in [5.41, 5.74) is -0.665. The molecule has 1 fully saturated rings. The van der Waals surface area contributed by atoms with Gasteiger partial charge in [0.25, 0.3) is 5.91 Å². The number of hydrogen-bond donors (Lipinski definition) is 0. The number of piperidine rings is 1. The molecule has 1 atom stereocenters. The Morgan fingerprint density at radius 3 is 2.75 bits per heavy atom. The summed E-state index contributed by atoms with van der Waals surface area (Å²) in [5, 5.41) is 0. The number of carbonyl (C=O) groups is 1. The Kier molecular flexibility index (Phi) is 4.10. The van der Waals surface area contributed by atoms with E-state index in [2.05, 4.69) is 9.97 Å². The summed E-state index contributed by atoms with van der Waals surface area (Å²) in [6.07, 6.45) is -0.903. The average Bonchev–Trinajstić information content (AvgIpc) is 3.12. The van der Waals surface area contributed by atoms with Gasteiger partial charge in [-0.3, -0.25) is 4.79 Å². The van der Waals surface area contributed by atoms with Gasteiger partial charge in [0.2, 0.25) is 0 Å². The summed E-state index contributed by atoms with van der Waals surface area (Å²) >= 11 is 0. The lowest BCUT2D eigenvalue weighted by Gasteiger charge is -2.32. The van der Waals surface area contributed by atoms with Gasteiger partial charge in [-0.25, -0.2) is 9.97 Å². The Morgan fingerprint density at radius 2 is 2.17 bits per heavy atom. The lowest BCUT2D eigenvalue weighted by molar-refractivity contribution is -0.141. The van der Waals surface area contributed by atoms with Crippen LogP contribution in [0.5, 0.6) is 0 Å². The fourth-order valence-electron chi connectivity index (χ4n) is 3.03. The molecule has 1 aliphatic rings. The van der Waals surface area contributed by atoms with Crippen molar-refractivity contribution < 1.29 is 22.4 Å². The number of aromatic nitrogens is 3. The summed E-state index contributed by atoms with van der Waals surface area (Å²) in [6.45, 7) is 2.50. The Hall–Kier alpha value is -2.32. The van der Waals surface area contributed by atoms with Gasteiger partial charge in [-0.2, -0.15) is 13.2 Å². The summed E-state index contributed by atoms with van der Waals surface area (Å²) in [5.74, 6) is 0.266. The number of hydrogen-bond acceptors (Lipinski definition) is 4. The molecule has 6 nitrogen and oxygen atoms in total. The van der Waals surface area contributed by atoms with Gasteiger partial charge >= 0.3 is 6.18 Å². The Labute approximate surface area is 136 Å². The van der Waals surface area contributed by atoms with Gasteiger partial charge < -0.3 is 13.9 Å². The van der Waals surface area contributed by atoms with Crippen LogP contribution in [0.1, 0.15) is 46.5 Å². The number of oxazole rings is 1. The lowest BCUT2D eigenvalue weighted by atomic mass is 9.97. The van der Waals surface area contributed by atoms with E-state index in [9.17, 15) is 18.0 Å². The maximum Gasteiger partial charge on any atom is 0.434 e. The second-order valence-electron chi connectivity index (χ2n) is 5.94. The minimum atomic E-state index is -4.47. The average molecular weight is 342 g/mol. The second kappa shape index (κ2) is 5.95. The predicted octanol–water partition coefficient (Wildman–Crippen LogP) is 2.76. The molecule has 0 bridgehead atoms. The molecule has 0 N–H and O–H groups in total. The molecule has 1 aliphatic heterocycles. The first-order chi connectivity index (χ1) is 11.3. The van der Waals surface area contributed by atoms with Crippen molar-refractivity contribution in [2.24, 2.45) is 7.05 Å². The molecule has 3 rings (SSSR count). The molecular formula is C15H17F3N4O2. The number of amides is 1. The molecule has 0 radical (unpaired) electrons. The molecule has 0 spiro atoms. The molecule has 2 aromatic heterocycles. The molecule has 0 aromatic carbocycles. The van der Waals surface area contributed by atoms with Crippen LogP contribution in [0.3, 0.4) is 0 Å². The molecule has 1 amide bonds. The molecule has 0 unspecified atom stereocenters. The van der Waals surface area contributed by atoms with E-state index in [4.69, 9.17) is 4.42 Å². The first kappa shape index (κ1) is 16.5. The lowest BCUT2D eigenvalue weighted by Crippen LogP contribution is -2.40. The number of aryl methyl sites for hydroxylation is 2. The zero-order valence-corrected chi connectivity index (χ0v) is 13.3. The van der Waals surface area contributed by atoms with E-state index in [1.54, 1.807) is 18.9 Å². The number of likely N-dealkylation sites (tertiary alicyclic amines) is 1. The van der Waals surface area contributed by atoms with Gasteiger partial charge in [0, 0.05) is 32.3 Å². The normalized spacial score (nSPS) is 18.9. The van der Waals surface area contributed by atoms with E-state index in [1.165, 1.54) is 11.0 Å². The van der Waals surface area contributed by atoms with Crippen molar-refractivity contribution in [3.8, 4) is 0 Å². The van der Waals surface area contributed by atoms with E-state index in [-0.39, 0.29) is 17.5 Å². The topological polar surface area (TPSA) is 64.2 Å². The largest absolute Gasteiger partial charge is 0.448 e. The van der Waals surface area contributed by atoms with Crippen LogP contribution in [-0.4, -0.2) is 38.4 Å². The Bertz CT molecular complexity index is 750. The second-order valence-corrected chi connectivity index (χ2v) is 5.94. The molecular weight excluding hydrogens is 325 g/mol. The fourth-order valence-corrected chi connectivity index (χ4v) is 3.03. The number of nitrogens with zero attached hydrogens (tertiary/aromatic N) is 4. The maximum atomic E-state index is 12.8. The highest BCUT2D eigenvalue weighted by molar-refractivity contribution is 5.93. The predicted molar refractivity (Wildman–Crippen MR) is 77.3 cm³/mol. The molecule has 2 aromatic rings. The summed E-state index contributed by atoms with van der Waals surface area (Å²) in [7, 11) is 1.54. The van der Waals surface area contributed by atoms with Crippen LogP contribution in [0.15, 0.2) is 17.0 Å². The minimum Gasteiger partial charge on any atom is -0.448 e. The van der Waals surface area contributed by atoms with Gasteiger partial charge in [0.15, 0.2) is 17.8 Å². The standard InChI is InChI=1S/C15H17F3N4O2/c1-9-12(19-8-24-9)14(23)22-5-3-4-10(6-22)13-20-11(7-21(13)2)15(16,17)18/h7-8,10H,3-6H2,1-2H3/t10-/m1/s1. The van der Waals surface area contributed by atoms with Crippen LogP contribution >= 0.6 is 0 Å². The van der Waals surface area contributed by atoms with Crippen molar-refractivity contribution in [2.75, 3.05) is 13.1 Å². The van der Waals surface area contributed by atoms with Crippen LogP contribution in [0.4, 0.5) is 13.2 Å². The summed E-state index contributed by atoms with van der Waals surface area (Å²) in [6, 6.07) is 0. The van der Waals surface area contributed by atoms with E-state index >= 15 is 0 Å². The van der Waals surface area contributed by atoms with Crippen molar-refractivity contribution >= 4 is 5.91 Å². The third-order valence-corrected chi connectivity index (χ3v) is 4.22. The first-order valence-electron chi connectivity index (χ1n) is 7.57. The highest BCUT2D eigenvalue weighted by Crippen LogP contribution is 2.32. The maximum absolute atomic E-state index is 12.8. The van der Waals surface area contributed by atoms with Crippen LogP contribution in [0.25, 0.3) is 0 Å². The third-order valence-electron chi connectivity index (χ3n) is 4.22. The van der Waals surface area contributed by atoms with Gasteiger partial charge in [0.1, 0.15) is 11.6 Å². The molecule has 1 saturated heterocycles. The smallest absolute Gasteiger partial charge is 0.434 e. The number of carbonyl (C=O) groups excluding carboxylic acids is 1. The van der Waals surface area contributed by atoms with Crippen LogP contribution in [0, 0.1) is 6.92 Å². The molecule has 0 saturated carbocycles. The van der Waals surface area contributed by atoms with E-state index in [0.29, 0.717) is 37.5 Å². The molecule has 3 heterocycles. The van der Waals surface area contributed by atoms with Gasteiger partial charge in [-0.05, 0) is 19.8 Å². The van der Waals surface area contributed by atoms with E-state index < -0.39 is 11.9 Å². The van der Waals surface area contributed by atoms with Crippen LogP contribution in [0.2, 0.25) is 0 Å². The quantitative estimate of drug-likeness (QED) is 0.842. The third kappa shape index (κ3) is 3.02. The highest BCUT2D eigenvalue weighted by atomic mass is 19.4. The number of imidazole rings is 1. The monoisotopic (exact) mass is 342 g/mol.